The standard InChI is InChI=1S/C16H19F3N2O2/c17-16(18,19)10-23-14-8-5-11(9-20-14)15(22)21(13-6-7-13)12-3-1-2-4-12/h5,8-9,12-13H,1-4,6-7,10H2. The molecule has 1 heterocycles. The van der Waals surface area contributed by atoms with E-state index >= 15 is 0 Å². The van der Waals surface area contributed by atoms with E-state index < -0.39 is 12.8 Å². The van der Waals surface area contributed by atoms with Crippen LogP contribution in [0.2, 0.25) is 0 Å². The number of pyridine rings is 1. The van der Waals surface area contributed by atoms with Gasteiger partial charge in [-0.25, -0.2) is 4.98 Å². The molecule has 4 nitrogen and oxygen atoms in total. The molecule has 0 aromatic carbocycles. The Labute approximate surface area is 132 Å². The van der Waals surface area contributed by atoms with Gasteiger partial charge in [-0.1, -0.05) is 12.8 Å². The lowest BCUT2D eigenvalue weighted by atomic mass is 10.1. The summed E-state index contributed by atoms with van der Waals surface area (Å²) in [5, 5.41) is 0. The van der Waals surface area contributed by atoms with E-state index in [1.807, 2.05) is 4.90 Å². The van der Waals surface area contributed by atoms with Gasteiger partial charge in [-0.2, -0.15) is 13.2 Å². The molecule has 0 radical (unpaired) electrons. The molecule has 126 valence electrons. The average Bonchev–Trinajstić information content (AvgIpc) is 3.19. The van der Waals surface area contributed by atoms with Gasteiger partial charge in [0.1, 0.15) is 0 Å². The lowest BCUT2D eigenvalue weighted by molar-refractivity contribution is -0.154. The zero-order valence-electron chi connectivity index (χ0n) is 12.7. The topological polar surface area (TPSA) is 42.4 Å². The number of alkyl halides is 3. The fourth-order valence-corrected chi connectivity index (χ4v) is 3.06. The Hall–Kier alpha value is -1.79. The van der Waals surface area contributed by atoms with Crippen LogP contribution < -0.4 is 4.74 Å². The Morgan fingerprint density at radius 1 is 1.17 bits per heavy atom. The summed E-state index contributed by atoms with van der Waals surface area (Å²) in [4.78, 5) is 18.5. The second-order valence-electron chi connectivity index (χ2n) is 6.17. The molecule has 7 heteroatoms. The summed E-state index contributed by atoms with van der Waals surface area (Å²) in [6.07, 6.45) is 3.31. The normalized spacial score (nSPS) is 18.9. The zero-order valence-corrected chi connectivity index (χ0v) is 12.7. The first-order valence-electron chi connectivity index (χ1n) is 7.92. The van der Waals surface area contributed by atoms with Crippen molar-refractivity contribution in [2.75, 3.05) is 6.61 Å². The molecule has 0 spiro atoms. The fraction of sp³-hybridized carbons (Fsp3) is 0.625. The monoisotopic (exact) mass is 328 g/mol. The number of hydrogen-bond acceptors (Lipinski definition) is 3. The van der Waals surface area contributed by atoms with Crippen LogP contribution in [0.25, 0.3) is 0 Å². The molecule has 3 rings (SSSR count). The maximum Gasteiger partial charge on any atom is 0.422 e. The number of ether oxygens (including phenoxy) is 1. The number of nitrogens with zero attached hydrogens (tertiary/aromatic N) is 2. The molecule has 0 atom stereocenters. The Morgan fingerprint density at radius 3 is 2.35 bits per heavy atom. The van der Waals surface area contributed by atoms with Crippen molar-refractivity contribution in [1.29, 1.82) is 0 Å². The number of halogens is 3. The summed E-state index contributed by atoms with van der Waals surface area (Å²) < 4.78 is 40.9. The fourth-order valence-electron chi connectivity index (χ4n) is 3.06. The first-order valence-corrected chi connectivity index (χ1v) is 7.92. The van der Waals surface area contributed by atoms with Crippen molar-refractivity contribution in [1.82, 2.24) is 9.88 Å². The van der Waals surface area contributed by atoms with Crippen LogP contribution in [0.3, 0.4) is 0 Å². The molecule has 0 saturated heterocycles. The van der Waals surface area contributed by atoms with Gasteiger partial charge in [-0.05, 0) is 31.7 Å². The van der Waals surface area contributed by atoms with Crippen LogP contribution in [0, 0.1) is 0 Å². The van der Waals surface area contributed by atoms with Gasteiger partial charge < -0.3 is 9.64 Å². The molecule has 2 aliphatic rings. The highest BCUT2D eigenvalue weighted by Crippen LogP contribution is 2.35. The summed E-state index contributed by atoms with van der Waals surface area (Å²) in [5.41, 5.74) is 0.406. The van der Waals surface area contributed by atoms with Gasteiger partial charge in [0.25, 0.3) is 5.91 Å². The molecule has 0 aliphatic heterocycles. The van der Waals surface area contributed by atoms with E-state index in [0.29, 0.717) is 11.6 Å². The minimum atomic E-state index is -4.40. The van der Waals surface area contributed by atoms with Crippen LogP contribution >= 0.6 is 0 Å². The predicted octanol–water partition coefficient (Wildman–Crippen LogP) is 3.57. The molecule has 23 heavy (non-hydrogen) atoms. The molecule has 0 unspecified atom stereocenters. The first kappa shape index (κ1) is 16.1. The maximum atomic E-state index is 12.7. The molecule has 2 saturated carbocycles. The number of hydrogen-bond donors (Lipinski definition) is 0. The number of amides is 1. The molecule has 0 N–H and O–H groups in total. The van der Waals surface area contributed by atoms with Crippen LogP contribution in [0.5, 0.6) is 5.88 Å². The Balaban J connectivity index is 1.66. The van der Waals surface area contributed by atoms with Gasteiger partial charge in [0.05, 0.1) is 5.56 Å². The smallest absolute Gasteiger partial charge is 0.422 e. The van der Waals surface area contributed by atoms with Crippen molar-refractivity contribution in [3.8, 4) is 5.88 Å². The minimum Gasteiger partial charge on any atom is -0.468 e. The quantitative estimate of drug-likeness (QED) is 0.830. The van der Waals surface area contributed by atoms with Gasteiger partial charge >= 0.3 is 6.18 Å². The number of aromatic nitrogens is 1. The Bertz CT molecular complexity index is 549. The van der Waals surface area contributed by atoms with Gasteiger partial charge in [-0.3, -0.25) is 4.79 Å². The third kappa shape index (κ3) is 4.14. The predicted molar refractivity (Wildman–Crippen MR) is 77.2 cm³/mol. The molecule has 0 bridgehead atoms. The summed E-state index contributed by atoms with van der Waals surface area (Å²) in [5.74, 6) is -0.202. The summed E-state index contributed by atoms with van der Waals surface area (Å²) >= 11 is 0. The lowest BCUT2D eigenvalue weighted by Gasteiger charge is -2.29. The third-order valence-electron chi connectivity index (χ3n) is 4.26. The van der Waals surface area contributed by atoms with Crippen LogP contribution in [0.1, 0.15) is 48.9 Å². The number of carbonyl (C=O) groups excluding carboxylic acids is 1. The van der Waals surface area contributed by atoms with Crippen LogP contribution in [-0.2, 0) is 0 Å². The van der Waals surface area contributed by atoms with E-state index in [0.717, 1.165) is 38.5 Å². The zero-order chi connectivity index (χ0) is 16.4. The van der Waals surface area contributed by atoms with Crippen molar-refractivity contribution >= 4 is 5.91 Å². The van der Waals surface area contributed by atoms with Crippen molar-refractivity contribution in [2.24, 2.45) is 0 Å². The maximum absolute atomic E-state index is 12.7. The van der Waals surface area contributed by atoms with Crippen molar-refractivity contribution < 1.29 is 22.7 Å². The van der Waals surface area contributed by atoms with Gasteiger partial charge in [0, 0.05) is 24.3 Å². The summed E-state index contributed by atoms with van der Waals surface area (Å²) in [6, 6.07) is 3.41. The van der Waals surface area contributed by atoms with Gasteiger partial charge in [0.2, 0.25) is 5.88 Å². The highest BCUT2D eigenvalue weighted by Gasteiger charge is 2.38. The first-order chi connectivity index (χ1) is 10.9. The van der Waals surface area contributed by atoms with E-state index in [-0.39, 0.29) is 17.8 Å². The average molecular weight is 328 g/mol. The molecule has 2 aliphatic carbocycles. The van der Waals surface area contributed by atoms with E-state index in [1.54, 1.807) is 0 Å². The van der Waals surface area contributed by atoms with E-state index in [2.05, 4.69) is 9.72 Å². The van der Waals surface area contributed by atoms with Crippen LogP contribution in [-0.4, -0.2) is 40.7 Å². The summed E-state index contributed by atoms with van der Waals surface area (Å²) in [7, 11) is 0. The van der Waals surface area contributed by atoms with Crippen LogP contribution in [0.15, 0.2) is 18.3 Å². The molecule has 1 aromatic heterocycles. The summed E-state index contributed by atoms with van der Waals surface area (Å²) in [6.45, 7) is -1.39. The van der Waals surface area contributed by atoms with Crippen molar-refractivity contribution in [3.63, 3.8) is 0 Å². The van der Waals surface area contributed by atoms with Crippen molar-refractivity contribution in [3.05, 3.63) is 23.9 Å². The highest BCUT2D eigenvalue weighted by atomic mass is 19.4. The van der Waals surface area contributed by atoms with E-state index in [9.17, 15) is 18.0 Å². The molecule has 1 amide bonds. The number of rotatable bonds is 5. The Morgan fingerprint density at radius 2 is 1.83 bits per heavy atom. The van der Waals surface area contributed by atoms with Gasteiger partial charge in [0.15, 0.2) is 6.61 Å². The molecule has 1 aromatic rings. The number of carbonyl (C=O) groups is 1. The Kier molecular flexibility index (Phi) is 4.46. The molecular formula is C16H19F3N2O2. The largest absolute Gasteiger partial charge is 0.468 e. The second kappa shape index (κ2) is 6.37. The van der Waals surface area contributed by atoms with Gasteiger partial charge in [-0.15, -0.1) is 0 Å². The third-order valence-corrected chi connectivity index (χ3v) is 4.26. The minimum absolute atomic E-state index is 0.0747. The van der Waals surface area contributed by atoms with Crippen molar-refractivity contribution in [2.45, 2.75) is 56.8 Å². The SMILES string of the molecule is O=C(c1ccc(OCC(F)(F)F)nc1)N(C1CCCC1)C1CC1. The molecule has 2 fully saturated rings. The van der Waals surface area contributed by atoms with Crippen LogP contribution in [0.4, 0.5) is 13.2 Å². The second-order valence-corrected chi connectivity index (χ2v) is 6.17. The van der Waals surface area contributed by atoms with E-state index in [1.165, 1.54) is 18.3 Å². The highest BCUT2D eigenvalue weighted by molar-refractivity contribution is 5.94. The molecular weight excluding hydrogens is 309 g/mol. The van der Waals surface area contributed by atoms with E-state index in [4.69, 9.17) is 0 Å². The lowest BCUT2D eigenvalue weighted by Crippen LogP contribution is -2.40.